The molecule has 10 nitrogen and oxygen atoms in total. The first-order valence-electron chi connectivity index (χ1n) is 12.9. The van der Waals surface area contributed by atoms with E-state index in [2.05, 4.69) is 0 Å². The third kappa shape index (κ3) is 2.21. The minimum atomic E-state index is -2.13. The molecular weight excluding hydrogens is 484 g/mol. The van der Waals surface area contributed by atoms with Crippen molar-refractivity contribution in [3.63, 3.8) is 0 Å². The highest BCUT2D eigenvalue weighted by Gasteiger charge is 3.03. The van der Waals surface area contributed by atoms with Crippen molar-refractivity contribution in [1.29, 1.82) is 0 Å². The lowest BCUT2D eigenvalue weighted by Gasteiger charge is -2.48. The zero-order chi connectivity index (χ0) is 26.3. The maximum atomic E-state index is 13.8. The SMILES string of the molecule is C[C@@H]1[C@H](O)O[C@@H]2[C@@H](O)[C@]34[C@@H]5C[C@@H](C(C)(C)C)[C@@]36[C@H](OC(=O)[C@@H]6OCc3ccccc3)O[C@]4(C(=O)O5)[C@]12O. The molecule has 7 rings (SSSR count). The number of benzene rings is 1. The molecule has 10 heteroatoms. The van der Waals surface area contributed by atoms with Crippen LogP contribution in [0.4, 0.5) is 0 Å². The molecule has 2 aliphatic carbocycles. The summed E-state index contributed by atoms with van der Waals surface area (Å²) in [6, 6.07) is 9.35. The molecule has 0 amide bonds. The second-order valence-corrected chi connectivity index (χ2v) is 12.6. The molecule has 0 radical (unpaired) electrons. The van der Waals surface area contributed by atoms with Crippen LogP contribution in [0.3, 0.4) is 0 Å². The highest BCUT2D eigenvalue weighted by atomic mass is 16.8. The monoisotopic (exact) mass is 516 g/mol. The average Bonchev–Trinajstić information content (AvgIpc) is 3.55. The van der Waals surface area contributed by atoms with E-state index in [1.165, 1.54) is 0 Å². The number of fused-ring (bicyclic) bond motifs is 1. The largest absolute Gasteiger partial charge is 0.459 e. The van der Waals surface area contributed by atoms with Gasteiger partial charge >= 0.3 is 11.9 Å². The van der Waals surface area contributed by atoms with Gasteiger partial charge in [0.2, 0.25) is 11.9 Å². The number of aliphatic hydroxyl groups is 3. The van der Waals surface area contributed by atoms with Gasteiger partial charge in [-0.3, -0.25) is 0 Å². The van der Waals surface area contributed by atoms with Crippen LogP contribution in [0.5, 0.6) is 0 Å². The summed E-state index contributed by atoms with van der Waals surface area (Å²) in [5.41, 5.74) is -6.86. The van der Waals surface area contributed by atoms with E-state index in [1.807, 2.05) is 51.1 Å². The summed E-state index contributed by atoms with van der Waals surface area (Å²) in [5.74, 6) is -2.86. The van der Waals surface area contributed by atoms with Gasteiger partial charge in [-0.15, -0.1) is 0 Å². The fourth-order valence-electron chi connectivity index (χ4n) is 9.18. The number of rotatable bonds is 3. The zero-order valence-electron chi connectivity index (χ0n) is 21.1. The van der Waals surface area contributed by atoms with Gasteiger partial charge in [-0.05, 0) is 23.3 Å². The molecule has 0 unspecified atom stereocenters. The van der Waals surface area contributed by atoms with Crippen molar-refractivity contribution in [2.75, 3.05) is 0 Å². The lowest BCUT2D eigenvalue weighted by molar-refractivity contribution is -0.240. The van der Waals surface area contributed by atoms with E-state index in [-0.39, 0.29) is 12.5 Å². The van der Waals surface area contributed by atoms with E-state index in [9.17, 15) is 24.9 Å². The molecule has 2 spiro atoms. The van der Waals surface area contributed by atoms with Crippen molar-refractivity contribution >= 4 is 11.9 Å². The summed E-state index contributed by atoms with van der Waals surface area (Å²) in [6.45, 7) is 7.67. The molecule has 4 saturated heterocycles. The van der Waals surface area contributed by atoms with Crippen LogP contribution < -0.4 is 0 Å². The highest BCUT2D eigenvalue weighted by Crippen LogP contribution is 2.85. The fourth-order valence-corrected chi connectivity index (χ4v) is 9.18. The lowest BCUT2D eigenvalue weighted by atomic mass is 9.51. The third-order valence-corrected chi connectivity index (χ3v) is 10.4. The predicted molar refractivity (Wildman–Crippen MR) is 122 cm³/mol. The van der Waals surface area contributed by atoms with Crippen molar-refractivity contribution in [3.05, 3.63) is 35.9 Å². The minimum Gasteiger partial charge on any atom is -0.459 e. The van der Waals surface area contributed by atoms with Crippen molar-refractivity contribution < 1.29 is 48.6 Å². The van der Waals surface area contributed by atoms with Crippen LogP contribution in [0.2, 0.25) is 0 Å². The van der Waals surface area contributed by atoms with Crippen molar-refractivity contribution in [2.45, 2.75) is 88.9 Å². The number of ether oxygens (including phenoxy) is 5. The van der Waals surface area contributed by atoms with Crippen LogP contribution in [0, 0.1) is 28.1 Å². The Kier molecular flexibility index (Phi) is 4.48. The Morgan fingerprint density at radius 1 is 1.11 bits per heavy atom. The van der Waals surface area contributed by atoms with Gasteiger partial charge in [0.15, 0.2) is 12.4 Å². The summed E-state index contributed by atoms with van der Waals surface area (Å²) in [4.78, 5) is 27.3. The average molecular weight is 517 g/mol. The van der Waals surface area contributed by atoms with Crippen LogP contribution in [0.1, 0.15) is 39.7 Å². The van der Waals surface area contributed by atoms with E-state index in [4.69, 9.17) is 23.7 Å². The van der Waals surface area contributed by atoms with Crippen LogP contribution in [-0.2, 0) is 39.9 Å². The number of carbonyl (C=O) groups excluding carboxylic acids is 2. The Labute approximate surface area is 213 Å². The van der Waals surface area contributed by atoms with Crippen LogP contribution in [0.25, 0.3) is 0 Å². The minimum absolute atomic E-state index is 0.0872. The fraction of sp³-hybridized carbons (Fsp3) is 0.704. The topological polar surface area (TPSA) is 141 Å². The molecule has 4 heterocycles. The second-order valence-electron chi connectivity index (χ2n) is 12.6. The summed E-state index contributed by atoms with van der Waals surface area (Å²) < 4.78 is 30.2. The van der Waals surface area contributed by atoms with Gasteiger partial charge in [0.1, 0.15) is 17.8 Å². The number of hydrogen-bond donors (Lipinski definition) is 3. The lowest BCUT2D eigenvalue weighted by Crippen LogP contribution is -2.67. The molecular formula is C27H32O10. The normalized spacial score (nSPS) is 53.1. The summed E-state index contributed by atoms with van der Waals surface area (Å²) in [7, 11) is 0. The van der Waals surface area contributed by atoms with Crippen molar-refractivity contribution in [1.82, 2.24) is 0 Å². The summed E-state index contributed by atoms with van der Waals surface area (Å²) >= 11 is 0. The van der Waals surface area contributed by atoms with Gasteiger partial charge in [0.25, 0.3) is 0 Å². The van der Waals surface area contributed by atoms with Gasteiger partial charge < -0.3 is 39.0 Å². The Bertz CT molecular complexity index is 1180. The zero-order valence-corrected chi connectivity index (χ0v) is 21.1. The second kappa shape index (κ2) is 6.91. The predicted octanol–water partition coefficient (Wildman–Crippen LogP) is 0.647. The third-order valence-electron chi connectivity index (χ3n) is 10.4. The van der Waals surface area contributed by atoms with Crippen LogP contribution in [0.15, 0.2) is 30.3 Å². The Hall–Kier alpha value is -2.08. The van der Waals surface area contributed by atoms with Crippen LogP contribution >= 0.6 is 0 Å². The van der Waals surface area contributed by atoms with Crippen molar-refractivity contribution in [3.8, 4) is 0 Å². The van der Waals surface area contributed by atoms with E-state index in [0.717, 1.165) is 5.56 Å². The first-order valence-corrected chi connectivity index (χ1v) is 12.9. The first kappa shape index (κ1) is 24.0. The molecule has 4 aliphatic heterocycles. The Morgan fingerprint density at radius 2 is 1.81 bits per heavy atom. The molecule has 37 heavy (non-hydrogen) atoms. The van der Waals surface area contributed by atoms with Gasteiger partial charge in [-0.25, -0.2) is 9.59 Å². The number of aliphatic hydroxyl groups excluding tert-OH is 2. The van der Waals surface area contributed by atoms with Crippen LogP contribution in [-0.4, -0.2) is 75.5 Å². The summed E-state index contributed by atoms with van der Waals surface area (Å²) in [5, 5.41) is 34.9. The van der Waals surface area contributed by atoms with E-state index in [1.54, 1.807) is 6.92 Å². The molecule has 1 aromatic rings. The molecule has 200 valence electrons. The smallest absolute Gasteiger partial charge is 0.342 e. The standard InChI is InChI=1S/C27H32O10/c1-12-19(29)35-17-16(28)25-15-10-14(23(2,3)4)24(25)18(33-11-13-8-6-5-7-9-13)20(30)36-22(24)37-27(25,21(31)34-15)26(12,17)32/h5-9,12,14-19,22,28-29,32H,10-11H2,1-4H3/t12-,14+,15+,16-,17-,18+,19-,22-,24-,25-,26+,27+/m1/s1. The Balaban J connectivity index is 1.47. The Morgan fingerprint density at radius 3 is 2.49 bits per heavy atom. The van der Waals surface area contributed by atoms with E-state index >= 15 is 0 Å². The quantitative estimate of drug-likeness (QED) is 0.490. The molecule has 12 atom stereocenters. The number of carbonyl (C=O) groups is 2. The van der Waals surface area contributed by atoms with Gasteiger partial charge in [-0.2, -0.15) is 0 Å². The molecule has 3 N–H and O–H groups in total. The maximum absolute atomic E-state index is 13.8. The maximum Gasteiger partial charge on any atom is 0.342 e. The van der Waals surface area contributed by atoms with Gasteiger partial charge in [0, 0.05) is 5.92 Å². The number of hydrogen-bond acceptors (Lipinski definition) is 10. The molecule has 1 aromatic carbocycles. The van der Waals surface area contributed by atoms with Crippen molar-refractivity contribution in [2.24, 2.45) is 28.1 Å². The molecule has 0 aromatic heterocycles. The van der Waals surface area contributed by atoms with E-state index in [0.29, 0.717) is 6.42 Å². The van der Waals surface area contributed by atoms with Gasteiger partial charge in [-0.1, -0.05) is 58.0 Å². The molecule has 2 saturated carbocycles. The molecule has 6 fully saturated rings. The first-order chi connectivity index (χ1) is 17.4. The number of esters is 2. The summed E-state index contributed by atoms with van der Waals surface area (Å²) in [6.07, 6.45) is -7.33. The molecule has 0 bridgehead atoms. The van der Waals surface area contributed by atoms with Gasteiger partial charge in [0.05, 0.1) is 23.5 Å². The van der Waals surface area contributed by atoms with E-state index < -0.39 is 82.3 Å². The highest BCUT2D eigenvalue weighted by molar-refractivity contribution is 5.91. The molecule has 6 aliphatic rings.